The number of thiazole rings is 1. The Balaban J connectivity index is 1.69. The SMILES string of the molecule is O=C(O)c1cc(N2CCN(c3nccs3)CC2)ccn1. The molecule has 0 spiro atoms. The van der Waals surface area contributed by atoms with Gasteiger partial charge in [-0.15, -0.1) is 11.3 Å². The first-order valence-corrected chi connectivity index (χ1v) is 7.21. The van der Waals surface area contributed by atoms with Crippen LogP contribution < -0.4 is 9.80 Å². The summed E-state index contributed by atoms with van der Waals surface area (Å²) in [5.41, 5.74) is 1.00. The standard InChI is InChI=1S/C13H14N4O2S/c18-12(19)11-9-10(1-2-14-11)16-4-6-17(7-5-16)13-15-3-8-20-13/h1-3,8-9H,4-7H2,(H,18,19). The van der Waals surface area contributed by atoms with Gasteiger partial charge in [0.05, 0.1) is 0 Å². The van der Waals surface area contributed by atoms with Crippen LogP contribution in [0.1, 0.15) is 10.5 Å². The molecular weight excluding hydrogens is 276 g/mol. The second-order valence-electron chi connectivity index (χ2n) is 4.49. The average Bonchev–Trinajstić information content (AvgIpc) is 3.02. The normalized spacial score (nSPS) is 15.4. The quantitative estimate of drug-likeness (QED) is 0.925. The molecule has 104 valence electrons. The smallest absolute Gasteiger partial charge is 0.354 e. The Morgan fingerprint density at radius 2 is 1.90 bits per heavy atom. The number of hydrogen-bond donors (Lipinski definition) is 1. The lowest BCUT2D eigenvalue weighted by molar-refractivity contribution is 0.0690. The molecule has 0 amide bonds. The third kappa shape index (κ3) is 2.57. The van der Waals surface area contributed by atoms with Gasteiger partial charge >= 0.3 is 5.97 Å². The monoisotopic (exact) mass is 290 g/mol. The highest BCUT2D eigenvalue weighted by atomic mass is 32.1. The topological polar surface area (TPSA) is 69.6 Å². The first-order chi connectivity index (χ1) is 9.74. The number of carbonyl (C=O) groups is 1. The van der Waals surface area contributed by atoms with Gasteiger partial charge in [-0.3, -0.25) is 0 Å². The van der Waals surface area contributed by atoms with Crippen LogP contribution in [0.25, 0.3) is 0 Å². The molecule has 0 saturated carbocycles. The van der Waals surface area contributed by atoms with Gasteiger partial charge in [0.25, 0.3) is 0 Å². The van der Waals surface area contributed by atoms with Gasteiger partial charge in [-0.2, -0.15) is 0 Å². The molecule has 0 aliphatic carbocycles. The van der Waals surface area contributed by atoms with Gasteiger partial charge in [0.2, 0.25) is 0 Å². The van der Waals surface area contributed by atoms with Crippen LogP contribution in [0.5, 0.6) is 0 Å². The third-order valence-corrected chi connectivity index (χ3v) is 4.13. The van der Waals surface area contributed by atoms with E-state index in [1.54, 1.807) is 23.6 Å². The lowest BCUT2D eigenvalue weighted by Gasteiger charge is -2.35. The zero-order valence-electron chi connectivity index (χ0n) is 10.8. The summed E-state index contributed by atoms with van der Waals surface area (Å²) in [7, 11) is 0. The van der Waals surface area contributed by atoms with E-state index in [0.717, 1.165) is 37.0 Å². The van der Waals surface area contributed by atoms with E-state index in [9.17, 15) is 4.79 Å². The van der Waals surface area contributed by atoms with E-state index in [2.05, 4.69) is 19.8 Å². The Morgan fingerprint density at radius 3 is 2.55 bits per heavy atom. The van der Waals surface area contributed by atoms with Gasteiger partial charge in [0, 0.05) is 49.6 Å². The number of rotatable bonds is 3. The maximum absolute atomic E-state index is 10.9. The molecule has 1 fully saturated rings. The van der Waals surface area contributed by atoms with E-state index < -0.39 is 5.97 Å². The first-order valence-electron chi connectivity index (χ1n) is 6.33. The number of aromatic carboxylic acids is 1. The van der Waals surface area contributed by atoms with Crippen molar-refractivity contribution in [1.82, 2.24) is 9.97 Å². The highest BCUT2D eigenvalue weighted by molar-refractivity contribution is 7.13. The Bertz CT molecular complexity index is 594. The molecule has 3 heterocycles. The minimum atomic E-state index is -0.992. The molecule has 1 N–H and O–H groups in total. The van der Waals surface area contributed by atoms with Crippen LogP contribution in [0.3, 0.4) is 0 Å². The molecule has 20 heavy (non-hydrogen) atoms. The van der Waals surface area contributed by atoms with Gasteiger partial charge in [-0.05, 0) is 12.1 Å². The van der Waals surface area contributed by atoms with Crippen LogP contribution in [0.2, 0.25) is 0 Å². The summed E-state index contributed by atoms with van der Waals surface area (Å²) < 4.78 is 0. The summed E-state index contributed by atoms with van der Waals surface area (Å²) in [6.45, 7) is 3.47. The van der Waals surface area contributed by atoms with Gasteiger partial charge in [-0.1, -0.05) is 0 Å². The Morgan fingerprint density at radius 1 is 1.15 bits per heavy atom. The van der Waals surface area contributed by atoms with Crippen molar-refractivity contribution in [2.75, 3.05) is 36.0 Å². The van der Waals surface area contributed by atoms with Crippen LogP contribution in [0.15, 0.2) is 29.9 Å². The van der Waals surface area contributed by atoms with E-state index in [1.807, 2.05) is 17.6 Å². The summed E-state index contributed by atoms with van der Waals surface area (Å²) in [5.74, 6) is -0.992. The summed E-state index contributed by atoms with van der Waals surface area (Å²) >= 11 is 1.64. The van der Waals surface area contributed by atoms with Crippen molar-refractivity contribution in [3.8, 4) is 0 Å². The Kier molecular flexibility index (Phi) is 3.51. The molecule has 1 saturated heterocycles. The molecule has 0 bridgehead atoms. The number of carboxylic acid groups (broad SMARTS) is 1. The Hall–Kier alpha value is -2.15. The van der Waals surface area contributed by atoms with Gasteiger partial charge in [0.1, 0.15) is 5.69 Å². The molecule has 0 radical (unpaired) electrons. The Labute approximate surface area is 120 Å². The minimum Gasteiger partial charge on any atom is -0.477 e. The maximum Gasteiger partial charge on any atom is 0.354 e. The average molecular weight is 290 g/mol. The van der Waals surface area contributed by atoms with E-state index in [-0.39, 0.29) is 5.69 Å². The third-order valence-electron chi connectivity index (χ3n) is 3.30. The second-order valence-corrected chi connectivity index (χ2v) is 5.37. The molecule has 3 rings (SSSR count). The lowest BCUT2D eigenvalue weighted by Crippen LogP contribution is -2.46. The predicted molar refractivity (Wildman–Crippen MR) is 77.7 cm³/mol. The van der Waals surface area contributed by atoms with E-state index in [0.29, 0.717) is 0 Å². The van der Waals surface area contributed by atoms with Gasteiger partial charge < -0.3 is 14.9 Å². The van der Waals surface area contributed by atoms with Gasteiger partial charge in [0.15, 0.2) is 5.13 Å². The highest BCUT2D eigenvalue weighted by Crippen LogP contribution is 2.22. The van der Waals surface area contributed by atoms with Crippen LogP contribution in [0, 0.1) is 0 Å². The molecule has 0 atom stereocenters. The van der Waals surface area contributed by atoms with E-state index >= 15 is 0 Å². The molecule has 6 nitrogen and oxygen atoms in total. The number of carboxylic acids is 1. The largest absolute Gasteiger partial charge is 0.477 e. The van der Waals surface area contributed by atoms with Crippen molar-refractivity contribution in [3.63, 3.8) is 0 Å². The van der Waals surface area contributed by atoms with Crippen LogP contribution in [0.4, 0.5) is 10.8 Å². The second kappa shape index (κ2) is 5.46. The summed E-state index contributed by atoms with van der Waals surface area (Å²) in [6.07, 6.45) is 3.36. The predicted octanol–water partition coefficient (Wildman–Crippen LogP) is 1.56. The molecule has 7 heteroatoms. The molecule has 0 aromatic carbocycles. The van der Waals surface area contributed by atoms with E-state index in [1.165, 1.54) is 0 Å². The number of piperazine rings is 1. The van der Waals surface area contributed by atoms with Crippen LogP contribution in [-0.2, 0) is 0 Å². The molecule has 2 aromatic heterocycles. The number of hydrogen-bond acceptors (Lipinski definition) is 6. The van der Waals surface area contributed by atoms with Crippen molar-refractivity contribution in [2.24, 2.45) is 0 Å². The van der Waals surface area contributed by atoms with E-state index in [4.69, 9.17) is 5.11 Å². The fraction of sp³-hybridized carbons (Fsp3) is 0.308. The lowest BCUT2D eigenvalue weighted by atomic mass is 10.2. The van der Waals surface area contributed by atoms with Crippen molar-refractivity contribution in [3.05, 3.63) is 35.6 Å². The highest BCUT2D eigenvalue weighted by Gasteiger charge is 2.19. The molecular formula is C13H14N4O2S. The number of nitrogens with zero attached hydrogens (tertiary/aromatic N) is 4. The number of aromatic nitrogens is 2. The minimum absolute atomic E-state index is 0.0878. The number of pyridine rings is 1. The van der Waals surface area contributed by atoms with Crippen LogP contribution in [-0.4, -0.2) is 47.2 Å². The van der Waals surface area contributed by atoms with Gasteiger partial charge in [-0.25, -0.2) is 14.8 Å². The van der Waals surface area contributed by atoms with Crippen molar-refractivity contribution in [2.45, 2.75) is 0 Å². The summed E-state index contributed by atoms with van der Waals surface area (Å²) in [5, 5.41) is 12.0. The molecule has 0 unspecified atom stereocenters. The van der Waals surface area contributed by atoms with Crippen molar-refractivity contribution < 1.29 is 9.90 Å². The zero-order chi connectivity index (χ0) is 13.9. The van der Waals surface area contributed by atoms with Crippen LogP contribution >= 0.6 is 11.3 Å². The maximum atomic E-state index is 10.9. The fourth-order valence-electron chi connectivity index (χ4n) is 2.26. The van der Waals surface area contributed by atoms with Crippen molar-refractivity contribution in [1.29, 1.82) is 0 Å². The summed E-state index contributed by atoms with van der Waals surface area (Å²) in [6, 6.07) is 3.48. The number of anilines is 2. The fourth-order valence-corrected chi connectivity index (χ4v) is 2.96. The molecule has 1 aliphatic heterocycles. The summed E-state index contributed by atoms with van der Waals surface area (Å²) in [4.78, 5) is 23.5. The van der Waals surface area contributed by atoms with Crippen molar-refractivity contribution >= 4 is 28.1 Å². The molecule has 1 aliphatic rings. The zero-order valence-corrected chi connectivity index (χ0v) is 11.6. The molecule has 2 aromatic rings. The first kappa shape index (κ1) is 12.9.